The number of hydrogen-bond acceptors (Lipinski definition) is 2. The molecule has 3 rings (SSSR count). The largest absolute Gasteiger partial charge is 0.416 e. The van der Waals surface area contributed by atoms with Crippen LogP contribution in [0.15, 0.2) is 48.5 Å². The molecular weight excluding hydrogens is 420 g/mol. The molecule has 7 heteroatoms. The van der Waals surface area contributed by atoms with E-state index in [1.807, 2.05) is 4.90 Å². The lowest BCUT2D eigenvalue weighted by molar-refractivity contribution is -0.137. The molecule has 174 valence electrons. The number of rotatable bonds is 7. The molecule has 0 saturated carbocycles. The zero-order valence-electron chi connectivity index (χ0n) is 18.7. The van der Waals surface area contributed by atoms with Crippen molar-refractivity contribution >= 4 is 5.91 Å². The minimum atomic E-state index is -4.38. The van der Waals surface area contributed by atoms with Crippen molar-refractivity contribution in [1.82, 2.24) is 9.80 Å². The van der Waals surface area contributed by atoms with Crippen LogP contribution in [0.2, 0.25) is 0 Å². The molecule has 1 heterocycles. The third kappa shape index (κ3) is 6.31. The van der Waals surface area contributed by atoms with Crippen LogP contribution in [0, 0.1) is 17.7 Å². The highest BCUT2D eigenvalue weighted by Gasteiger charge is 2.36. The van der Waals surface area contributed by atoms with Gasteiger partial charge >= 0.3 is 6.18 Å². The van der Waals surface area contributed by atoms with Gasteiger partial charge < -0.3 is 4.90 Å². The summed E-state index contributed by atoms with van der Waals surface area (Å²) in [6, 6.07) is 11.8. The van der Waals surface area contributed by atoms with Gasteiger partial charge in [0.15, 0.2) is 0 Å². The maximum absolute atomic E-state index is 13.5. The number of carbonyl (C=O) groups excluding carboxylic acids is 1. The van der Waals surface area contributed by atoms with E-state index in [2.05, 4.69) is 18.7 Å². The summed E-state index contributed by atoms with van der Waals surface area (Å²) in [6.07, 6.45) is -4.38. The first-order valence-corrected chi connectivity index (χ1v) is 10.9. The van der Waals surface area contributed by atoms with Crippen molar-refractivity contribution in [3.05, 3.63) is 71.0 Å². The summed E-state index contributed by atoms with van der Waals surface area (Å²) in [6.45, 7) is 8.57. The minimum Gasteiger partial charge on any atom is -0.342 e. The van der Waals surface area contributed by atoms with Crippen molar-refractivity contribution in [2.24, 2.45) is 11.8 Å². The summed E-state index contributed by atoms with van der Waals surface area (Å²) < 4.78 is 52.8. The molecule has 0 aliphatic carbocycles. The number of nitrogens with zero attached hydrogens (tertiary/aromatic N) is 2. The van der Waals surface area contributed by atoms with Crippen LogP contribution in [-0.4, -0.2) is 41.9 Å². The van der Waals surface area contributed by atoms with E-state index < -0.39 is 11.7 Å². The lowest BCUT2D eigenvalue weighted by atomic mass is 9.88. The van der Waals surface area contributed by atoms with Gasteiger partial charge in [0.1, 0.15) is 5.82 Å². The van der Waals surface area contributed by atoms with Gasteiger partial charge in [-0.1, -0.05) is 44.2 Å². The van der Waals surface area contributed by atoms with Gasteiger partial charge in [-0.15, -0.1) is 0 Å². The third-order valence-corrected chi connectivity index (χ3v) is 5.96. The van der Waals surface area contributed by atoms with Crippen molar-refractivity contribution in [1.29, 1.82) is 0 Å². The molecule has 1 fully saturated rings. The fourth-order valence-electron chi connectivity index (χ4n) is 4.52. The monoisotopic (exact) mass is 450 g/mol. The Morgan fingerprint density at radius 2 is 1.81 bits per heavy atom. The Bertz CT molecular complexity index is 911. The van der Waals surface area contributed by atoms with Crippen LogP contribution in [0.25, 0.3) is 0 Å². The average molecular weight is 451 g/mol. The first-order chi connectivity index (χ1) is 15.0. The second-order valence-electron chi connectivity index (χ2n) is 9.13. The summed E-state index contributed by atoms with van der Waals surface area (Å²) in [5.74, 6) is 0.192. The molecule has 2 aromatic carbocycles. The topological polar surface area (TPSA) is 23.6 Å². The molecular formula is C25H30F4N2O. The van der Waals surface area contributed by atoms with Crippen LogP contribution in [-0.2, 0) is 17.5 Å². The molecule has 2 atom stereocenters. The highest BCUT2D eigenvalue weighted by Crippen LogP contribution is 2.35. The van der Waals surface area contributed by atoms with E-state index in [0.717, 1.165) is 11.6 Å². The average Bonchev–Trinajstić information content (AvgIpc) is 3.09. The van der Waals surface area contributed by atoms with Crippen LogP contribution in [0.3, 0.4) is 0 Å². The van der Waals surface area contributed by atoms with E-state index in [-0.39, 0.29) is 23.6 Å². The predicted octanol–water partition coefficient (Wildman–Crippen LogP) is 5.56. The van der Waals surface area contributed by atoms with Gasteiger partial charge in [0.25, 0.3) is 0 Å². The molecule has 0 bridgehead atoms. The maximum atomic E-state index is 13.5. The quantitative estimate of drug-likeness (QED) is 0.516. The summed E-state index contributed by atoms with van der Waals surface area (Å²) in [7, 11) is 0. The van der Waals surface area contributed by atoms with Gasteiger partial charge in [0.2, 0.25) is 5.91 Å². The van der Waals surface area contributed by atoms with Gasteiger partial charge in [-0.05, 0) is 41.2 Å². The van der Waals surface area contributed by atoms with E-state index in [1.165, 1.54) is 24.3 Å². The molecule has 1 aliphatic heterocycles. The lowest BCUT2D eigenvalue weighted by Gasteiger charge is -2.29. The van der Waals surface area contributed by atoms with Crippen LogP contribution in [0.4, 0.5) is 17.6 Å². The van der Waals surface area contributed by atoms with Crippen LogP contribution in [0.1, 0.15) is 43.4 Å². The van der Waals surface area contributed by atoms with Crippen molar-refractivity contribution < 1.29 is 22.4 Å². The highest BCUT2D eigenvalue weighted by molar-refractivity contribution is 5.73. The Labute approximate surface area is 187 Å². The van der Waals surface area contributed by atoms with Crippen LogP contribution >= 0.6 is 0 Å². The van der Waals surface area contributed by atoms with E-state index in [9.17, 15) is 22.4 Å². The molecule has 0 N–H and O–H groups in total. The second kappa shape index (κ2) is 10.0. The number of hydrogen-bond donors (Lipinski definition) is 0. The summed E-state index contributed by atoms with van der Waals surface area (Å²) in [4.78, 5) is 16.2. The Morgan fingerprint density at radius 1 is 1.12 bits per heavy atom. The molecule has 0 radical (unpaired) electrons. The summed E-state index contributed by atoms with van der Waals surface area (Å²) >= 11 is 0. The summed E-state index contributed by atoms with van der Waals surface area (Å²) in [5, 5.41) is 0. The number of halogens is 4. The Hall–Kier alpha value is -2.41. The van der Waals surface area contributed by atoms with Crippen molar-refractivity contribution in [3.63, 3.8) is 0 Å². The van der Waals surface area contributed by atoms with E-state index in [1.54, 1.807) is 25.1 Å². The molecule has 2 aromatic rings. The standard InChI is InChI=1S/C25H30F4N2O/c1-17(2)12-31(18(3)32)15-21-14-30(16-24(21)20-7-9-23(26)10-8-20)13-19-5-4-6-22(11-19)25(27,28)29/h4-11,17,21,24H,12-16H2,1-3H3/t21-,24+/m1/s1. The van der Waals surface area contributed by atoms with Crippen molar-refractivity contribution in [2.45, 2.75) is 39.4 Å². The third-order valence-electron chi connectivity index (χ3n) is 5.96. The van der Waals surface area contributed by atoms with Crippen LogP contribution < -0.4 is 0 Å². The lowest BCUT2D eigenvalue weighted by Crippen LogP contribution is -2.38. The Balaban J connectivity index is 1.81. The zero-order valence-corrected chi connectivity index (χ0v) is 18.7. The van der Waals surface area contributed by atoms with Crippen molar-refractivity contribution in [2.75, 3.05) is 26.2 Å². The van der Waals surface area contributed by atoms with Crippen LogP contribution in [0.5, 0.6) is 0 Å². The van der Waals surface area contributed by atoms with Gasteiger partial charge in [-0.2, -0.15) is 13.2 Å². The zero-order chi connectivity index (χ0) is 23.5. The number of carbonyl (C=O) groups is 1. The van der Waals surface area contributed by atoms with Crippen molar-refractivity contribution in [3.8, 4) is 0 Å². The van der Waals surface area contributed by atoms with Gasteiger partial charge in [0, 0.05) is 45.6 Å². The fourth-order valence-corrected chi connectivity index (χ4v) is 4.52. The second-order valence-corrected chi connectivity index (χ2v) is 9.13. The Kier molecular flexibility index (Phi) is 7.59. The maximum Gasteiger partial charge on any atom is 0.416 e. The first kappa shape index (κ1) is 24.2. The molecule has 0 spiro atoms. The molecule has 1 aliphatic rings. The normalized spacial score (nSPS) is 19.5. The SMILES string of the molecule is CC(=O)N(CC(C)C)C[C@H]1CN(Cc2cccc(C(F)(F)F)c2)C[C@H]1c1ccc(F)cc1. The van der Waals surface area contributed by atoms with E-state index >= 15 is 0 Å². The smallest absolute Gasteiger partial charge is 0.342 e. The van der Waals surface area contributed by atoms with Gasteiger partial charge in [0.05, 0.1) is 5.56 Å². The summed E-state index contributed by atoms with van der Waals surface area (Å²) in [5.41, 5.74) is 0.931. The molecule has 0 aromatic heterocycles. The molecule has 32 heavy (non-hydrogen) atoms. The number of likely N-dealkylation sites (tertiary alicyclic amines) is 1. The molecule has 1 saturated heterocycles. The number of amides is 1. The van der Waals surface area contributed by atoms with Gasteiger partial charge in [-0.3, -0.25) is 9.69 Å². The predicted molar refractivity (Wildman–Crippen MR) is 116 cm³/mol. The minimum absolute atomic E-state index is 0.00730. The van der Waals surface area contributed by atoms with E-state index in [0.29, 0.717) is 44.2 Å². The highest BCUT2D eigenvalue weighted by atomic mass is 19.4. The fraction of sp³-hybridized carbons (Fsp3) is 0.480. The first-order valence-electron chi connectivity index (χ1n) is 10.9. The number of benzene rings is 2. The van der Waals surface area contributed by atoms with Gasteiger partial charge in [-0.25, -0.2) is 4.39 Å². The Morgan fingerprint density at radius 3 is 2.41 bits per heavy atom. The molecule has 1 amide bonds. The van der Waals surface area contributed by atoms with E-state index in [4.69, 9.17) is 0 Å². The molecule has 0 unspecified atom stereocenters. The number of alkyl halides is 3. The molecule has 3 nitrogen and oxygen atoms in total.